The average Bonchev–Trinajstić information content (AvgIpc) is 3.04. The maximum Gasteiger partial charge on any atom is 0.126 e. The Labute approximate surface area is 133 Å². The molecule has 0 heterocycles. The Morgan fingerprint density at radius 3 is 2.50 bits per heavy atom. The van der Waals surface area contributed by atoms with Gasteiger partial charge >= 0.3 is 0 Å². The molecule has 2 atom stereocenters. The average molecular weight is 310 g/mol. The molecule has 2 aromatic carbocycles. The van der Waals surface area contributed by atoms with Crippen LogP contribution in [-0.4, -0.2) is 16.6 Å². The van der Waals surface area contributed by atoms with E-state index in [1.54, 1.807) is 7.11 Å². The van der Waals surface area contributed by atoms with Gasteiger partial charge in [0.25, 0.3) is 0 Å². The van der Waals surface area contributed by atoms with Gasteiger partial charge in [-0.3, -0.25) is 4.21 Å². The van der Waals surface area contributed by atoms with Crippen molar-refractivity contribution in [3.8, 4) is 5.75 Å². The second kappa shape index (κ2) is 6.32. The molecule has 3 heteroatoms. The molecule has 1 aliphatic carbocycles. The van der Waals surface area contributed by atoms with Crippen molar-refractivity contribution >= 4 is 16.4 Å². The molecule has 2 aromatic rings. The highest BCUT2D eigenvalue weighted by molar-refractivity contribution is 7.86. The molecule has 0 aromatic heterocycles. The van der Waals surface area contributed by atoms with Crippen LogP contribution in [0.3, 0.4) is 0 Å². The maximum atomic E-state index is 12.9. The smallest absolute Gasteiger partial charge is 0.126 e. The first-order chi connectivity index (χ1) is 10.7. The molecule has 0 spiro atoms. The Morgan fingerprint density at radius 2 is 1.77 bits per heavy atom. The number of allylic oxidation sites excluding steroid dienone is 2. The highest BCUT2D eigenvalue weighted by Crippen LogP contribution is 2.35. The molecular formula is C19H18O2S. The largest absolute Gasteiger partial charge is 0.496 e. The Balaban J connectivity index is 1.94. The second-order valence-corrected chi connectivity index (χ2v) is 6.81. The Kier molecular flexibility index (Phi) is 4.25. The van der Waals surface area contributed by atoms with Crippen LogP contribution in [0, 0.1) is 6.92 Å². The second-order valence-electron chi connectivity index (χ2n) is 5.24. The first-order valence-corrected chi connectivity index (χ1v) is 8.41. The number of rotatable bonds is 4. The van der Waals surface area contributed by atoms with Crippen molar-refractivity contribution in [2.45, 2.75) is 17.1 Å². The van der Waals surface area contributed by atoms with E-state index in [1.807, 2.05) is 73.7 Å². The summed E-state index contributed by atoms with van der Waals surface area (Å²) in [5.74, 6) is 0.809. The molecule has 0 saturated heterocycles. The fraction of sp³-hybridized carbons (Fsp3) is 0.158. The molecule has 0 fully saturated rings. The van der Waals surface area contributed by atoms with Gasteiger partial charge < -0.3 is 4.74 Å². The van der Waals surface area contributed by atoms with Crippen LogP contribution in [0.5, 0.6) is 5.75 Å². The van der Waals surface area contributed by atoms with E-state index in [9.17, 15) is 4.21 Å². The van der Waals surface area contributed by atoms with Crippen molar-refractivity contribution in [3.05, 3.63) is 77.9 Å². The van der Waals surface area contributed by atoms with E-state index in [2.05, 4.69) is 0 Å². The monoisotopic (exact) mass is 310 g/mol. The van der Waals surface area contributed by atoms with Gasteiger partial charge in [-0.25, -0.2) is 0 Å². The van der Waals surface area contributed by atoms with Crippen molar-refractivity contribution in [1.29, 1.82) is 0 Å². The molecule has 0 radical (unpaired) electrons. The summed E-state index contributed by atoms with van der Waals surface area (Å²) in [6.45, 7) is 2.03. The van der Waals surface area contributed by atoms with Gasteiger partial charge in [-0.05, 0) is 30.7 Å². The number of ether oxygens (including phenoxy) is 1. The summed E-state index contributed by atoms with van der Waals surface area (Å²) in [5.41, 5.74) is 3.21. The summed E-state index contributed by atoms with van der Waals surface area (Å²) in [6.07, 6.45) is 5.99. The molecule has 3 rings (SSSR count). The predicted molar refractivity (Wildman–Crippen MR) is 91.5 cm³/mol. The Morgan fingerprint density at radius 1 is 1.05 bits per heavy atom. The Bertz CT molecular complexity index is 757. The van der Waals surface area contributed by atoms with Gasteiger partial charge in [0.1, 0.15) is 5.75 Å². The van der Waals surface area contributed by atoms with Gasteiger partial charge in [0.2, 0.25) is 0 Å². The molecule has 0 bridgehead atoms. The van der Waals surface area contributed by atoms with Crippen LogP contribution in [0.15, 0.2) is 71.7 Å². The first kappa shape index (κ1) is 14.8. The highest BCUT2D eigenvalue weighted by atomic mass is 32.2. The predicted octanol–water partition coefficient (Wildman–Crippen LogP) is 4.13. The summed E-state index contributed by atoms with van der Waals surface area (Å²) in [4.78, 5) is 0.850. The third-order valence-corrected chi connectivity index (χ3v) is 5.38. The fourth-order valence-electron chi connectivity index (χ4n) is 2.59. The van der Waals surface area contributed by atoms with E-state index in [-0.39, 0.29) is 5.25 Å². The van der Waals surface area contributed by atoms with Crippen LogP contribution >= 0.6 is 0 Å². The van der Waals surface area contributed by atoms with E-state index >= 15 is 0 Å². The van der Waals surface area contributed by atoms with Crippen LogP contribution in [0.25, 0.3) is 5.57 Å². The topological polar surface area (TPSA) is 26.3 Å². The number of para-hydroxylation sites is 1. The third-order valence-electron chi connectivity index (χ3n) is 3.77. The molecule has 1 aliphatic rings. The van der Waals surface area contributed by atoms with Gasteiger partial charge in [-0.1, -0.05) is 54.1 Å². The van der Waals surface area contributed by atoms with Crippen molar-refractivity contribution in [1.82, 2.24) is 0 Å². The normalized spacial score (nSPS) is 18.1. The van der Waals surface area contributed by atoms with Crippen molar-refractivity contribution < 1.29 is 8.95 Å². The number of aryl methyl sites for hydroxylation is 1. The van der Waals surface area contributed by atoms with Crippen LogP contribution in [0.2, 0.25) is 0 Å². The van der Waals surface area contributed by atoms with Crippen molar-refractivity contribution in [2.24, 2.45) is 0 Å². The van der Waals surface area contributed by atoms with Crippen LogP contribution < -0.4 is 4.74 Å². The highest BCUT2D eigenvalue weighted by Gasteiger charge is 2.25. The minimum absolute atomic E-state index is 0.140. The molecule has 22 heavy (non-hydrogen) atoms. The SMILES string of the molecule is COc1ccccc1C1=CC=CC1S(=O)c1ccc(C)cc1. The fourth-order valence-corrected chi connectivity index (χ4v) is 3.96. The summed E-state index contributed by atoms with van der Waals surface area (Å²) in [6, 6.07) is 15.7. The first-order valence-electron chi connectivity index (χ1n) is 7.19. The zero-order valence-electron chi connectivity index (χ0n) is 12.7. The number of benzene rings is 2. The van der Waals surface area contributed by atoms with Crippen LogP contribution in [0.1, 0.15) is 11.1 Å². The van der Waals surface area contributed by atoms with E-state index < -0.39 is 10.8 Å². The molecule has 0 N–H and O–H groups in total. The lowest BCUT2D eigenvalue weighted by Gasteiger charge is -2.16. The summed E-state index contributed by atoms with van der Waals surface area (Å²) >= 11 is 0. The molecule has 0 saturated carbocycles. The van der Waals surface area contributed by atoms with Gasteiger partial charge in [0, 0.05) is 10.5 Å². The molecule has 2 unspecified atom stereocenters. The summed E-state index contributed by atoms with van der Waals surface area (Å²) in [5, 5.41) is -0.140. The minimum Gasteiger partial charge on any atom is -0.496 e. The quantitative estimate of drug-likeness (QED) is 0.848. The summed E-state index contributed by atoms with van der Waals surface area (Å²) in [7, 11) is 0.542. The van der Waals surface area contributed by atoms with E-state index in [1.165, 1.54) is 5.56 Å². The van der Waals surface area contributed by atoms with E-state index in [0.29, 0.717) is 0 Å². The van der Waals surface area contributed by atoms with E-state index in [4.69, 9.17) is 4.74 Å². The zero-order valence-corrected chi connectivity index (χ0v) is 13.5. The van der Waals surface area contributed by atoms with Crippen molar-refractivity contribution in [2.75, 3.05) is 7.11 Å². The molecular weight excluding hydrogens is 292 g/mol. The van der Waals surface area contributed by atoms with Crippen LogP contribution in [-0.2, 0) is 10.8 Å². The number of methoxy groups -OCH3 is 1. The molecule has 0 aliphatic heterocycles. The zero-order chi connectivity index (χ0) is 15.5. The van der Waals surface area contributed by atoms with E-state index in [0.717, 1.165) is 21.8 Å². The molecule has 0 amide bonds. The lowest BCUT2D eigenvalue weighted by atomic mass is 10.0. The standard InChI is InChI=1S/C19H18O2S/c1-14-10-12-15(13-11-14)22(20)19-9-5-7-17(19)16-6-3-4-8-18(16)21-2/h3-13,19H,1-2H3. The molecule has 112 valence electrons. The van der Waals surface area contributed by atoms with Gasteiger partial charge in [-0.2, -0.15) is 0 Å². The number of hydrogen-bond donors (Lipinski definition) is 0. The van der Waals surface area contributed by atoms with Gasteiger partial charge in [0.15, 0.2) is 0 Å². The van der Waals surface area contributed by atoms with Crippen LogP contribution in [0.4, 0.5) is 0 Å². The third kappa shape index (κ3) is 2.77. The molecule has 2 nitrogen and oxygen atoms in total. The lowest BCUT2D eigenvalue weighted by Crippen LogP contribution is -2.13. The maximum absolute atomic E-state index is 12.9. The van der Waals surface area contributed by atoms with Crippen molar-refractivity contribution in [3.63, 3.8) is 0 Å². The lowest BCUT2D eigenvalue weighted by molar-refractivity contribution is 0.413. The van der Waals surface area contributed by atoms with Gasteiger partial charge in [-0.15, -0.1) is 0 Å². The number of hydrogen-bond acceptors (Lipinski definition) is 2. The Hall–Kier alpha value is -2.13. The van der Waals surface area contributed by atoms with Gasteiger partial charge in [0.05, 0.1) is 23.2 Å². The minimum atomic E-state index is -1.12. The summed E-state index contributed by atoms with van der Waals surface area (Å²) < 4.78 is 18.4.